The molecule has 0 aliphatic heterocycles. The number of unbranched alkanes of at least 4 members (excludes halogenated alkanes) is 8. The zero-order chi connectivity index (χ0) is 25.3. The van der Waals surface area contributed by atoms with E-state index in [4.69, 9.17) is 4.74 Å². The van der Waals surface area contributed by atoms with Crippen LogP contribution in [0, 0.1) is 0 Å². The minimum Gasteiger partial charge on any atom is -0.452 e. The average molecular weight is 481 g/mol. The number of ether oxygens (including phenoxy) is 1. The van der Waals surface area contributed by atoms with Crippen LogP contribution in [0.1, 0.15) is 94.0 Å². The van der Waals surface area contributed by atoms with Gasteiger partial charge in [0, 0.05) is 12.1 Å². The third-order valence-electron chi connectivity index (χ3n) is 5.91. The van der Waals surface area contributed by atoms with E-state index in [1.54, 1.807) is 24.3 Å². The summed E-state index contributed by atoms with van der Waals surface area (Å²) < 4.78 is 5.19. The van der Waals surface area contributed by atoms with E-state index in [1.165, 1.54) is 44.1 Å². The number of esters is 1. The minimum absolute atomic E-state index is 0.124. The van der Waals surface area contributed by atoms with Crippen LogP contribution in [-0.4, -0.2) is 24.4 Å². The predicted molar refractivity (Wildman–Crippen MR) is 142 cm³/mol. The molecule has 0 fully saturated rings. The number of amides is 2. The summed E-state index contributed by atoms with van der Waals surface area (Å²) in [5, 5.41) is 5.53. The quantitative estimate of drug-likeness (QED) is 0.202. The molecule has 6 heteroatoms. The number of rotatable bonds is 16. The number of anilines is 2. The van der Waals surface area contributed by atoms with Gasteiger partial charge in [0.2, 0.25) is 5.91 Å². The topological polar surface area (TPSA) is 84.5 Å². The number of hydrogen-bond acceptors (Lipinski definition) is 4. The van der Waals surface area contributed by atoms with Crippen molar-refractivity contribution in [2.24, 2.45) is 0 Å². The summed E-state index contributed by atoms with van der Waals surface area (Å²) in [4.78, 5) is 37.1. The first-order chi connectivity index (χ1) is 17.0. The van der Waals surface area contributed by atoms with Crippen LogP contribution in [-0.2, 0) is 20.7 Å². The van der Waals surface area contributed by atoms with E-state index in [0.717, 1.165) is 25.7 Å². The van der Waals surface area contributed by atoms with Crippen LogP contribution in [0.4, 0.5) is 11.4 Å². The first kappa shape index (κ1) is 28.1. The normalized spacial score (nSPS) is 10.6. The second kappa shape index (κ2) is 16.5. The van der Waals surface area contributed by atoms with Gasteiger partial charge in [0.1, 0.15) is 0 Å². The number of aryl methyl sites for hydroxylation is 1. The molecule has 35 heavy (non-hydrogen) atoms. The van der Waals surface area contributed by atoms with Crippen LogP contribution in [0.25, 0.3) is 0 Å². The highest BCUT2D eigenvalue weighted by atomic mass is 16.5. The Labute approximate surface area is 209 Å². The summed E-state index contributed by atoms with van der Waals surface area (Å²) in [7, 11) is 0. The lowest BCUT2D eigenvalue weighted by Crippen LogP contribution is -2.22. The summed E-state index contributed by atoms with van der Waals surface area (Å²) in [5.74, 6) is -1.20. The fourth-order valence-electron chi connectivity index (χ4n) is 3.81. The molecule has 0 aromatic heterocycles. The molecule has 0 unspecified atom stereocenters. The standard InChI is InChI=1S/C29H40N2O4/c1-3-5-6-7-8-9-10-11-12-17-27(32)31-26-16-14-13-15-25(26)29(34)35-22-28(33)30-24-20-18-23(4-2)19-21-24/h13-16,18-21H,3-12,17,22H2,1-2H3,(H,30,33)(H,31,32). The number of benzene rings is 2. The Kier molecular flexibility index (Phi) is 13.2. The molecule has 0 spiro atoms. The summed E-state index contributed by atoms with van der Waals surface area (Å²) in [6.07, 6.45) is 12.0. The van der Waals surface area contributed by atoms with E-state index in [1.807, 2.05) is 24.3 Å². The molecule has 0 atom stereocenters. The highest BCUT2D eigenvalue weighted by Crippen LogP contribution is 2.18. The fraction of sp³-hybridized carbons (Fsp3) is 0.483. The molecule has 2 aromatic rings. The molecule has 0 bridgehead atoms. The van der Waals surface area contributed by atoms with Gasteiger partial charge in [-0.15, -0.1) is 0 Å². The number of nitrogens with one attached hydrogen (secondary N) is 2. The van der Waals surface area contributed by atoms with Gasteiger partial charge in [-0.1, -0.05) is 89.5 Å². The van der Waals surface area contributed by atoms with Crippen molar-refractivity contribution in [1.29, 1.82) is 0 Å². The van der Waals surface area contributed by atoms with Gasteiger partial charge >= 0.3 is 5.97 Å². The Hall–Kier alpha value is -3.15. The third-order valence-corrected chi connectivity index (χ3v) is 5.91. The van der Waals surface area contributed by atoms with Gasteiger partial charge in [0.15, 0.2) is 6.61 Å². The van der Waals surface area contributed by atoms with Crippen molar-refractivity contribution in [1.82, 2.24) is 0 Å². The van der Waals surface area contributed by atoms with E-state index in [9.17, 15) is 14.4 Å². The Morgan fingerprint density at radius 3 is 2.00 bits per heavy atom. The summed E-state index contributed by atoms with van der Waals surface area (Å²) in [6.45, 7) is 3.87. The average Bonchev–Trinajstić information content (AvgIpc) is 2.87. The Bertz CT molecular complexity index is 925. The van der Waals surface area contributed by atoms with Gasteiger partial charge in [-0.25, -0.2) is 4.79 Å². The van der Waals surface area contributed by atoms with E-state index in [-0.39, 0.29) is 11.5 Å². The van der Waals surface area contributed by atoms with Gasteiger partial charge in [-0.05, 0) is 42.7 Å². The zero-order valence-corrected chi connectivity index (χ0v) is 21.2. The van der Waals surface area contributed by atoms with Crippen molar-refractivity contribution in [2.75, 3.05) is 17.2 Å². The molecule has 190 valence electrons. The van der Waals surface area contributed by atoms with Crippen LogP contribution < -0.4 is 10.6 Å². The maximum Gasteiger partial charge on any atom is 0.340 e. The molecule has 2 N–H and O–H groups in total. The Balaban J connectivity index is 1.72. The molecular formula is C29H40N2O4. The molecule has 0 saturated carbocycles. The third kappa shape index (κ3) is 11.2. The maximum atomic E-state index is 12.6. The molecule has 0 heterocycles. The van der Waals surface area contributed by atoms with Crippen molar-refractivity contribution >= 4 is 29.2 Å². The largest absolute Gasteiger partial charge is 0.452 e. The van der Waals surface area contributed by atoms with E-state index in [0.29, 0.717) is 17.8 Å². The van der Waals surface area contributed by atoms with Crippen LogP contribution in [0.2, 0.25) is 0 Å². The Morgan fingerprint density at radius 2 is 1.34 bits per heavy atom. The number of hydrogen-bond donors (Lipinski definition) is 2. The van der Waals surface area contributed by atoms with Crippen molar-refractivity contribution in [3.05, 3.63) is 59.7 Å². The van der Waals surface area contributed by atoms with Gasteiger partial charge in [0.25, 0.3) is 5.91 Å². The van der Waals surface area contributed by atoms with Crippen LogP contribution in [0.5, 0.6) is 0 Å². The first-order valence-corrected chi connectivity index (χ1v) is 13.0. The predicted octanol–water partition coefficient (Wildman–Crippen LogP) is 6.90. The van der Waals surface area contributed by atoms with Crippen LogP contribution in [0.15, 0.2) is 48.5 Å². The molecule has 0 aliphatic carbocycles. The zero-order valence-electron chi connectivity index (χ0n) is 21.2. The summed E-state index contributed by atoms with van der Waals surface area (Å²) in [6, 6.07) is 14.2. The van der Waals surface area contributed by atoms with E-state index < -0.39 is 18.5 Å². The highest BCUT2D eigenvalue weighted by Gasteiger charge is 2.16. The fourth-order valence-corrected chi connectivity index (χ4v) is 3.81. The highest BCUT2D eigenvalue weighted by molar-refractivity contribution is 6.02. The number of carbonyl (C=O) groups excluding carboxylic acids is 3. The summed E-state index contributed by atoms with van der Waals surface area (Å²) >= 11 is 0. The van der Waals surface area contributed by atoms with Crippen LogP contribution >= 0.6 is 0 Å². The lowest BCUT2D eigenvalue weighted by Gasteiger charge is -2.11. The van der Waals surface area contributed by atoms with Gasteiger partial charge in [0.05, 0.1) is 11.3 Å². The second-order valence-corrected chi connectivity index (χ2v) is 8.85. The maximum absolute atomic E-state index is 12.6. The number of para-hydroxylation sites is 1. The molecule has 0 aliphatic rings. The minimum atomic E-state index is -0.652. The van der Waals surface area contributed by atoms with Crippen molar-refractivity contribution in [3.63, 3.8) is 0 Å². The summed E-state index contributed by atoms with van der Waals surface area (Å²) in [5.41, 5.74) is 2.44. The van der Waals surface area contributed by atoms with Gasteiger partial charge < -0.3 is 15.4 Å². The smallest absolute Gasteiger partial charge is 0.340 e. The molecule has 0 radical (unpaired) electrons. The van der Waals surface area contributed by atoms with Crippen LogP contribution in [0.3, 0.4) is 0 Å². The van der Waals surface area contributed by atoms with Gasteiger partial charge in [-0.2, -0.15) is 0 Å². The molecule has 6 nitrogen and oxygen atoms in total. The Morgan fingerprint density at radius 1 is 0.714 bits per heavy atom. The van der Waals surface area contributed by atoms with E-state index in [2.05, 4.69) is 24.5 Å². The first-order valence-electron chi connectivity index (χ1n) is 13.0. The van der Waals surface area contributed by atoms with Crippen molar-refractivity contribution in [2.45, 2.75) is 84.5 Å². The molecule has 2 amide bonds. The lowest BCUT2D eigenvalue weighted by molar-refractivity contribution is -0.119. The van der Waals surface area contributed by atoms with Gasteiger partial charge in [-0.3, -0.25) is 9.59 Å². The number of carbonyl (C=O) groups is 3. The SMILES string of the molecule is CCCCCCCCCCCC(=O)Nc1ccccc1C(=O)OCC(=O)Nc1ccc(CC)cc1. The van der Waals surface area contributed by atoms with Crippen molar-refractivity contribution < 1.29 is 19.1 Å². The molecule has 0 saturated heterocycles. The monoisotopic (exact) mass is 480 g/mol. The molecular weight excluding hydrogens is 440 g/mol. The molecule has 2 rings (SSSR count). The second-order valence-electron chi connectivity index (χ2n) is 8.85. The molecule has 2 aromatic carbocycles. The van der Waals surface area contributed by atoms with E-state index >= 15 is 0 Å². The van der Waals surface area contributed by atoms with Crippen molar-refractivity contribution in [3.8, 4) is 0 Å². The lowest BCUT2D eigenvalue weighted by atomic mass is 10.1.